The van der Waals surface area contributed by atoms with Gasteiger partial charge in [0, 0.05) is 17.5 Å². The lowest BCUT2D eigenvalue weighted by atomic mass is 10.2. The number of hydrogen-bond donors (Lipinski definition) is 0. The second-order valence-electron chi connectivity index (χ2n) is 6.38. The van der Waals surface area contributed by atoms with E-state index >= 15 is 0 Å². The average Bonchev–Trinajstić information content (AvgIpc) is 3.41. The molecule has 0 aliphatic carbocycles. The van der Waals surface area contributed by atoms with Crippen molar-refractivity contribution in [3.8, 4) is 11.3 Å². The number of nitrogens with zero attached hydrogens (tertiary/aromatic N) is 4. The van der Waals surface area contributed by atoms with Crippen LogP contribution in [-0.2, 0) is 6.42 Å². The maximum Gasteiger partial charge on any atom is 0.433 e. The van der Waals surface area contributed by atoms with Crippen molar-refractivity contribution in [1.82, 2.24) is 4.68 Å². The van der Waals surface area contributed by atoms with Crippen molar-refractivity contribution < 1.29 is 9.34 Å². The van der Waals surface area contributed by atoms with Crippen LogP contribution >= 0.6 is 11.3 Å². The van der Waals surface area contributed by atoms with Crippen molar-refractivity contribution in [2.24, 2.45) is 10.1 Å². The lowest BCUT2D eigenvalue weighted by Crippen LogP contribution is -2.13. The second kappa shape index (κ2) is 9.15. The Morgan fingerprint density at radius 3 is 2.47 bits per heavy atom. The molecule has 0 saturated heterocycles. The first-order valence-corrected chi connectivity index (χ1v) is 10.2. The summed E-state index contributed by atoms with van der Waals surface area (Å²) in [6.45, 7) is 0.625. The Labute approximate surface area is 176 Å². The highest BCUT2D eigenvalue weighted by molar-refractivity contribution is 7.07. The quantitative estimate of drug-likeness (QED) is 0.247. The normalized spacial score (nSPS) is 11.9. The zero-order chi connectivity index (χ0) is 20.8. The van der Waals surface area contributed by atoms with Crippen LogP contribution in [0.25, 0.3) is 11.3 Å². The van der Waals surface area contributed by atoms with Gasteiger partial charge < -0.3 is 4.42 Å². The smallest absolute Gasteiger partial charge is 0.400 e. The molecule has 8 heteroatoms. The monoisotopic (exact) mass is 418 g/mol. The highest BCUT2D eigenvalue weighted by Crippen LogP contribution is 2.20. The van der Waals surface area contributed by atoms with E-state index in [4.69, 9.17) is 9.41 Å². The Balaban J connectivity index is 1.66. The Kier molecular flexibility index (Phi) is 5.95. The van der Waals surface area contributed by atoms with Gasteiger partial charge in [0.15, 0.2) is 5.76 Å². The summed E-state index contributed by atoms with van der Waals surface area (Å²) in [5.41, 5.74) is 3.11. The van der Waals surface area contributed by atoms with Crippen LogP contribution in [0.3, 0.4) is 0 Å². The molecule has 0 radical (unpaired) electrons. The molecule has 2 heterocycles. The van der Waals surface area contributed by atoms with Crippen molar-refractivity contribution in [1.29, 1.82) is 0 Å². The summed E-state index contributed by atoms with van der Waals surface area (Å²) in [4.78, 5) is 15.7. The first-order chi connectivity index (χ1) is 14.7. The van der Waals surface area contributed by atoms with Crippen LogP contribution in [0.15, 0.2) is 92.7 Å². The van der Waals surface area contributed by atoms with Gasteiger partial charge >= 0.3 is 5.88 Å². The summed E-state index contributed by atoms with van der Waals surface area (Å²) in [6, 6.07) is 22.9. The standard InChI is InChI=1S/C22H18N4O3S/c27-26(28)21-12-11-19(29-21)15-24-25-20(18-9-5-2-6-10-18)16-30-22(25)23-14-13-17-7-3-1-4-8-17/h1-12,15-16H,13-14H2. The third-order valence-corrected chi connectivity index (χ3v) is 5.19. The zero-order valence-electron chi connectivity index (χ0n) is 15.9. The molecular weight excluding hydrogens is 400 g/mol. The van der Waals surface area contributed by atoms with Crippen LogP contribution in [0.4, 0.5) is 5.88 Å². The zero-order valence-corrected chi connectivity index (χ0v) is 16.7. The van der Waals surface area contributed by atoms with Gasteiger partial charge in [0.2, 0.25) is 4.80 Å². The molecule has 2 aromatic carbocycles. The molecule has 2 aromatic heterocycles. The number of aromatic nitrogens is 1. The van der Waals surface area contributed by atoms with Crippen LogP contribution in [0.2, 0.25) is 0 Å². The molecule has 0 aliphatic heterocycles. The fourth-order valence-corrected chi connectivity index (χ4v) is 3.74. The van der Waals surface area contributed by atoms with E-state index in [0.717, 1.165) is 22.5 Å². The highest BCUT2D eigenvalue weighted by atomic mass is 32.1. The van der Waals surface area contributed by atoms with E-state index in [1.54, 1.807) is 4.68 Å². The van der Waals surface area contributed by atoms with E-state index in [1.807, 2.05) is 53.9 Å². The van der Waals surface area contributed by atoms with E-state index in [-0.39, 0.29) is 5.88 Å². The Hall–Kier alpha value is -3.78. The fourth-order valence-electron chi connectivity index (χ4n) is 2.88. The number of nitro groups is 1. The summed E-state index contributed by atoms with van der Waals surface area (Å²) < 4.78 is 6.91. The van der Waals surface area contributed by atoms with E-state index in [2.05, 4.69) is 17.2 Å². The van der Waals surface area contributed by atoms with Gasteiger partial charge in [0.25, 0.3) is 0 Å². The fraction of sp³-hybridized carbons (Fsp3) is 0.0909. The van der Waals surface area contributed by atoms with Gasteiger partial charge in [-0.25, -0.2) is 4.68 Å². The van der Waals surface area contributed by atoms with Gasteiger partial charge in [-0.15, -0.1) is 11.3 Å². The number of thiazole rings is 1. The third kappa shape index (κ3) is 4.61. The molecule has 0 spiro atoms. The Morgan fingerprint density at radius 2 is 1.77 bits per heavy atom. The lowest BCUT2D eigenvalue weighted by Gasteiger charge is -2.03. The maximum atomic E-state index is 10.8. The van der Waals surface area contributed by atoms with Crippen LogP contribution in [0, 0.1) is 10.1 Å². The molecule has 0 saturated carbocycles. The van der Waals surface area contributed by atoms with Gasteiger partial charge in [-0.1, -0.05) is 60.7 Å². The number of rotatable bonds is 7. The molecule has 0 atom stereocenters. The molecule has 150 valence electrons. The van der Waals surface area contributed by atoms with Crippen molar-refractivity contribution in [2.75, 3.05) is 6.54 Å². The van der Waals surface area contributed by atoms with Crippen molar-refractivity contribution >= 4 is 23.4 Å². The van der Waals surface area contributed by atoms with Crippen molar-refractivity contribution in [2.45, 2.75) is 6.42 Å². The Bertz CT molecular complexity index is 1220. The largest absolute Gasteiger partial charge is 0.433 e. The minimum Gasteiger partial charge on any atom is -0.400 e. The molecule has 7 nitrogen and oxygen atoms in total. The number of furan rings is 1. The van der Waals surface area contributed by atoms with Crippen LogP contribution in [0.5, 0.6) is 0 Å². The van der Waals surface area contributed by atoms with E-state index in [0.29, 0.717) is 12.3 Å². The molecule has 0 unspecified atom stereocenters. The predicted octanol–water partition coefficient (Wildman–Crippen LogP) is 4.74. The van der Waals surface area contributed by atoms with Gasteiger partial charge in [-0.2, -0.15) is 5.10 Å². The van der Waals surface area contributed by atoms with Crippen LogP contribution in [0.1, 0.15) is 11.3 Å². The van der Waals surface area contributed by atoms with Crippen molar-refractivity contribution in [3.05, 3.63) is 104 Å². The molecule has 4 rings (SSSR count). The third-order valence-electron chi connectivity index (χ3n) is 4.34. The second-order valence-corrected chi connectivity index (χ2v) is 7.21. The minimum atomic E-state index is -0.575. The molecule has 4 aromatic rings. The SMILES string of the molecule is O=[N+]([O-])c1ccc(C=Nn2c(-c3ccccc3)csc2=NCCc2ccccc2)o1. The van der Waals surface area contributed by atoms with Crippen molar-refractivity contribution in [3.63, 3.8) is 0 Å². The van der Waals surface area contributed by atoms with Crippen LogP contribution < -0.4 is 4.80 Å². The number of benzene rings is 2. The molecule has 0 N–H and O–H groups in total. The van der Waals surface area contributed by atoms with Gasteiger partial charge in [-0.3, -0.25) is 15.1 Å². The van der Waals surface area contributed by atoms with Gasteiger partial charge in [-0.05, 0) is 18.1 Å². The summed E-state index contributed by atoms with van der Waals surface area (Å²) in [5, 5.41) is 17.3. The molecule has 0 aliphatic rings. The predicted molar refractivity (Wildman–Crippen MR) is 117 cm³/mol. The summed E-state index contributed by atoms with van der Waals surface area (Å²) in [7, 11) is 0. The molecule has 0 fully saturated rings. The summed E-state index contributed by atoms with van der Waals surface area (Å²) >= 11 is 1.50. The first kappa shape index (κ1) is 19.5. The summed E-state index contributed by atoms with van der Waals surface area (Å²) in [5.74, 6) is -0.0162. The van der Waals surface area contributed by atoms with Crippen LogP contribution in [-0.4, -0.2) is 22.4 Å². The topological polar surface area (TPSA) is 85.9 Å². The molecule has 30 heavy (non-hydrogen) atoms. The first-order valence-electron chi connectivity index (χ1n) is 9.30. The van der Waals surface area contributed by atoms with E-state index in [1.165, 1.54) is 35.2 Å². The molecule has 0 bridgehead atoms. The molecule has 0 amide bonds. The number of hydrogen-bond acceptors (Lipinski definition) is 6. The average molecular weight is 418 g/mol. The lowest BCUT2D eigenvalue weighted by molar-refractivity contribution is -0.402. The van der Waals surface area contributed by atoms with Gasteiger partial charge in [0.05, 0.1) is 18.0 Å². The summed E-state index contributed by atoms with van der Waals surface area (Å²) in [6.07, 6.45) is 2.29. The maximum absolute atomic E-state index is 10.8. The Morgan fingerprint density at radius 1 is 1.03 bits per heavy atom. The van der Waals surface area contributed by atoms with E-state index in [9.17, 15) is 10.1 Å². The van der Waals surface area contributed by atoms with E-state index < -0.39 is 4.92 Å². The van der Waals surface area contributed by atoms with Gasteiger partial charge in [0.1, 0.15) is 4.92 Å². The highest BCUT2D eigenvalue weighted by Gasteiger charge is 2.11. The minimum absolute atomic E-state index is 0.301. The molecular formula is C22H18N4O3S.